The Labute approximate surface area is 111 Å². The lowest BCUT2D eigenvalue weighted by Gasteiger charge is -2.08. The van der Waals surface area contributed by atoms with E-state index in [4.69, 9.17) is 16.7 Å². The number of nitrogens with one attached hydrogen (secondary N) is 2. The van der Waals surface area contributed by atoms with Crippen LogP contribution in [0.5, 0.6) is 0 Å². The molecule has 0 atom stereocenters. The molecule has 0 saturated heterocycles. The molecule has 5 nitrogen and oxygen atoms in total. The number of anilines is 1. The molecule has 1 aromatic rings. The summed E-state index contributed by atoms with van der Waals surface area (Å²) in [4.78, 5) is 21.6. The van der Waals surface area contributed by atoms with Gasteiger partial charge in [0.25, 0.3) is 0 Å². The van der Waals surface area contributed by atoms with Gasteiger partial charge in [0.05, 0.1) is 12.1 Å². The molecule has 0 saturated carbocycles. The fourth-order valence-corrected chi connectivity index (χ4v) is 1.82. The summed E-state index contributed by atoms with van der Waals surface area (Å²) in [6.45, 7) is 0.0758. The fraction of sp³-hybridized carbons (Fsp3) is 0.200. The zero-order valence-electron chi connectivity index (χ0n) is 8.67. The van der Waals surface area contributed by atoms with Crippen LogP contribution in [0.4, 0.5) is 10.5 Å². The van der Waals surface area contributed by atoms with Crippen LogP contribution in [0.25, 0.3) is 0 Å². The second-order valence-corrected chi connectivity index (χ2v) is 4.44. The summed E-state index contributed by atoms with van der Waals surface area (Å²) in [5.74, 6) is -0.960. The van der Waals surface area contributed by atoms with Crippen LogP contribution in [0.1, 0.15) is 6.42 Å². The van der Waals surface area contributed by atoms with Crippen molar-refractivity contribution in [3.63, 3.8) is 0 Å². The van der Waals surface area contributed by atoms with Crippen molar-refractivity contribution in [3.05, 3.63) is 27.7 Å². The first-order valence-corrected chi connectivity index (χ1v) is 5.88. The molecule has 0 aliphatic rings. The highest BCUT2D eigenvalue weighted by atomic mass is 79.9. The minimum atomic E-state index is -0.960. The van der Waals surface area contributed by atoms with Gasteiger partial charge in [0.2, 0.25) is 0 Å². The average molecular weight is 322 g/mol. The number of amides is 2. The minimum absolute atomic E-state index is 0.0758. The van der Waals surface area contributed by atoms with E-state index in [1.807, 2.05) is 0 Å². The predicted molar refractivity (Wildman–Crippen MR) is 68.4 cm³/mol. The molecular weight excluding hydrogens is 311 g/mol. The van der Waals surface area contributed by atoms with Gasteiger partial charge in [-0.3, -0.25) is 4.79 Å². The first kappa shape index (κ1) is 13.8. The van der Waals surface area contributed by atoms with Crippen molar-refractivity contribution in [3.8, 4) is 0 Å². The summed E-state index contributed by atoms with van der Waals surface area (Å²) in [5.41, 5.74) is 0.558. The predicted octanol–water partition coefficient (Wildman–Crippen LogP) is 2.70. The van der Waals surface area contributed by atoms with E-state index < -0.39 is 12.0 Å². The van der Waals surface area contributed by atoms with Gasteiger partial charge in [-0.2, -0.15) is 0 Å². The van der Waals surface area contributed by atoms with Crippen molar-refractivity contribution in [1.82, 2.24) is 5.32 Å². The summed E-state index contributed by atoms with van der Waals surface area (Å²) in [6.07, 6.45) is -0.116. The third kappa shape index (κ3) is 5.06. The third-order valence-electron chi connectivity index (χ3n) is 1.80. The highest BCUT2D eigenvalue weighted by molar-refractivity contribution is 9.10. The van der Waals surface area contributed by atoms with Crippen molar-refractivity contribution >= 4 is 45.2 Å². The van der Waals surface area contributed by atoms with E-state index in [9.17, 15) is 9.59 Å². The zero-order chi connectivity index (χ0) is 12.8. The van der Waals surface area contributed by atoms with E-state index >= 15 is 0 Å². The Hall–Kier alpha value is -1.27. The van der Waals surface area contributed by atoms with Crippen LogP contribution in [0.3, 0.4) is 0 Å². The van der Waals surface area contributed by atoms with Crippen molar-refractivity contribution in [2.24, 2.45) is 0 Å². The molecule has 0 aliphatic heterocycles. The van der Waals surface area contributed by atoms with Gasteiger partial charge in [0.15, 0.2) is 0 Å². The highest BCUT2D eigenvalue weighted by Crippen LogP contribution is 2.25. The Bertz CT molecular complexity index is 440. The van der Waals surface area contributed by atoms with E-state index in [-0.39, 0.29) is 13.0 Å². The zero-order valence-corrected chi connectivity index (χ0v) is 11.0. The molecule has 1 aromatic carbocycles. The maximum atomic E-state index is 11.4. The van der Waals surface area contributed by atoms with Gasteiger partial charge in [-0.15, -0.1) is 0 Å². The number of urea groups is 1. The molecule has 0 fully saturated rings. The van der Waals surface area contributed by atoms with Gasteiger partial charge in [-0.25, -0.2) is 4.79 Å². The summed E-state index contributed by atoms with van der Waals surface area (Å²) >= 11 is 8.99. The monoisotopic (exact) mass is 320 g/mol. The number of carboxylic acids is 1. The molecule has 0 bridgehead atoms. The van der Waals surface area contributed by atoms with E-state index in [1.54, 1.807) is 18.2 Å². The summed E-state index contributed by atoms with van der Waals surface area (Å²) in [7, 11) is 0. The molecule has 0 heterocycles. The second-order valence-electron chi connectivity index (χ2n) is 3.15. The Balaban J connectivity index is 2.48. The molecular formula is C10H10BrClN2O3. The lowest BCUT2D eigenvalue weighted by molar-refractivity contribution is -0.136. The summed E-state index contributed by atoms with van der Waals surface area (Å²) in [5, 5.41) is 13.9. The Kier molecular flexibility index (Phi) is 5.24. The number of benzene rings is 1. The molecule has 0 aliphatic carbocycles. The maximum absolute atomic E-state index is 11.4. The van der Waals surface area contributed by atoms with Gasteiger partial charge in [0.1, 0.15) is 0 Å². The molecule has 1 rings (SSSR count). The standard InChI is InChI=1S/C10H10BrClN2O3/c11-7-5-6(12)1-2-8(7)14-10(17)13-4-3-9(15)16/h1-2,5H,3-4H2,(H,15,16)(H2,13,14,17). The number of carbonyl (C=O) groups excluding carboxylic acids is 1. The first-order valence-electron chi connectivity index (χ1n) is 4.70. The maximum Gasteiger partial charge on any atom is 0.319 e. The Morgan fingerprint density at radius 3 is 2.71 bits per heavy atom. The first-order chi connectivity index (χ1) is 7.99. The normalized spacial score (nSPS) is 9.76. The minimum Gasteiger partial charge on any atom is -0.481 e. The summed E-state index contributed by atoms with van der Waals surface area (Å²) < 4.78 is 0.651. The average Bonchev–Trinajstić information content (AvgIpc) is 2.21. The van der Waals surface area contributed by atoms with Crippen molar-refractivity contribution in [1.29, 1.82) is 0 Å². The van der Waals surface area contributed by atoms with Crippen LogP contribution >= 0.6 is 27.5 Å². The molecule has 0 spiro atoms. The number of carboxylic acid groups (broad SMARTS) is 1. The Morgan fingerprint density at radius 1 is 1.41 bits per heavy atom. The topological polar surface area (TPSA) is 78.4 Å². The van der Waals surface area contributed by atoms with Gasteiger partial charge < -0.3 is 15.7 Å². The fourth-order valence-electron chi connectivity index (χ4n) is 1.04. The number of hydrogen-bond acceptors (Lipinski definition) is 2. The lowest BCUT2D eigenvalue weighted by atomic mass is 10.3. The van der Waals surface area contributed by atoms with Crippen molar-refractivity contribution in [2.45, 2.75) is 6.42 Å². The van der Waals surface area contributed by atoms with E-state index in [1.165, 1.54) is 0 Å². The lowest BCUT2D eigenvalue weighted by Crippen LogP contribution is -2.30. The molecule has 17 heavy (non-hydrogen) atoms. The van der Waals surface area contributed by atoms with E-state index in [2.05, 4.69) is 26.6 Å². The molecule has 0 unspecified atom stereocenters. The number of rotatable bonds is 4. The summed E-state index contributed by atoms with van der Waals surface area (Å²) in [6, 6.07) is 4.46. The number of hydrogen-bond donors (Lipinski definition) is 3. The molecule has 92 valence electrons. The van der Waals surface area contributed by atoms with Crippen LogP contribution in [-0.4, -0.2) is 23.7 Å². The SMILES string of the molecule is O=C(O)CCNC(=O)Nc1ccc(Cl)cc1Br. The van der Waals surface area contributed by atoms with Gasteiger partial charge >= 0.3 is 12.0 Å². The number of halogens is 2. The number of aliphatic carboxylic acids is 1. The molecule has 0 aromatic heterocycles. The van der Waals surface area contributed by atoms with Gasteiger partial charge in [-0.1, -0.05) is 11.6 Å². The third-order valence-corrected chi connectivity index (χ3v) is 2.69. The highest BCUT2D eigenvalue weighted by Gasteiger charge is 2.06. The van der Waals surface area contributed by atoms with Crippen molar-refractivity contribution < 1.29 is 14.7 Å². The second kappa shape index (κ2) is 6.46. The largest absolute Gasteiger partial charge is 0.481 e. The van der Waals surface area contributed by atoms with Crippen LogP contribution in [0.2, 0.25) is 5.02 Å². The smallest absolute Gasteiger partial charge is 0.319 e. The van der Waals surface area contributed by atoms with Gasteiger partial charge in [0, 0.05) is 16.0 Å². The number of carbonyl (C=O) groups is 2. The van der Waals surface area contributed by atoms with Crippen LogP contribution in [0.15, 0.2) is 22.7 Å². The molecule has 0 radical (unpaired) electrons. The van der Waals surface area contributed by atoms with Crippen LogP contribution < -0.4 is 10.6 Å². The van der Waals surface area contributed by atoms with E-state index in [0.717, 1.165) is 0 Å². The van der Waals surface area contributed by atoms with Crippen molar-refractivity contribution in [2.75, 3.05) is 11.9 Å². The van der Waals surface area contributed by atoms with Crippen LogP contribution in [0, 0.1) is 0 Å². The quantitative estimate of drug-likeness (QED) is 0.798. The van der Waals surface area contributed by atoms with Crippen LogP contribution in [-0.2, 0) is 4.79 Å². The van der Waals surface area contributed by atoms with E-state index in [0.29, 0.717) is 15.2 Å². The molecule has 2 amide bonds. The Morgan fingerprint density at radius 2 is 2.12 bits per heavy atom. The molecule has 7 heteroatoms. The molecule has 3 N–H and O–H groups in total. The van der Waals surface area contributed by atoms with Gasteiger partial charge in [-0.05, 0) is 34.1 Å².